The van der Waals surface area contributed by atoms with Crippen molar-refractivity contribution in [3.63, 3.8) is 0 Å². The molecule has 0 aromatic heterocycles. The van der Waals surface area contributed by atoms with E-state index in [1.165, 1.54) is 0 Å². The van der Waals surface area contributed by atoms with Crippen LogP contribution in [0.2, 0.25) is 0 Å². The Morgan fingerprint density at radius 3 is 2.20 bits per heavy atom. The lowest BCUT2D eigenvalue weighted by Crippen LogP contribution is -2.66. The maximum atomic E-state index is 11.7. The Morgan fingerprint density at radius 2 is 1.60 bits per heavy atom. The molecule has 20 heavy (non-hydrogen) atoms. The zero-order valence-electron chi connectivity index (χ0n) is 11.7. The van der Waals surface area contributed by atoms with Crippen LogP contribution in [-0.4, -0.2) is 53.0 Å². The number of carbonyl (C=O) groups is 2. The van der Waals surface area contributed by atoms with Gasteiger partial charge in [-0.2, -0.15) is 0 Å². The second kappa shape index (κ2) is 5.90. The minimum atomic E-state index is -1.81. The van der Waals surface area contributed by atoms with Gasteiger partial charge in [0, 0.05) is 25.0 Å². The molecule has 2 aliphatic rings. The van der Waals surface area contributed by atoms with E-state index in [-0.39, 0.29) is 11.9 Å². The van der Waals surface area contributed by atoms with Gasteiger partial charge in [-0.25, -0.2) is 9.59 Å². The summed E-state index contributed by atoms with van der Waals surface area (Å²) in [6.07, 6.45) is 5.06. The molecule has 2 unspecified atom stereocenters. The molecule has 1 saturated carbocycles. The zero-order chi connectivity index (χ0) is 14.1. The van der Waals surface area contributed by atoms with Crippen molar-refractivity contribution in [3.05, 3.63) is 12.2 Å². The third-order valence-corrected chi connectivity index (χ3v) is 3.76. The van der Waals surface area contributed by atoms with Crippen LogP contribution in [0.4, 0.5) is 0 Å². The first kappa shape index (κ1) is 16.6. The van der Waals surface area contributed by atoms with Gasteiger partial charge >= 0.3 is 11.9 Å². The smallest absolute Gasteiger partial charge is 0.333 e. The molecular formula is C13H21NO6. The molecule has 0 radical (unpaired) electrons. The van der Waals surface area contributed by atoms with E-state index in [1.807, 2.05) is 0 Å². The van der Waals surface area contributed by atoms with Crippen molar-refractivity contribution in [1.29, 1.82) is 0 Å². The van der Waals surface area contributed by atoms with Crippen molar-refractivity contribution >= 4 is 11.9 Å². The SMILES string of the molecule is CN(C)C12CCCCCC1(O)OC(=O)/C=C/C(=O)O2.O. The Balaban J connectivity index is 0.00000200. The Kier molecular flexibility index (Phi) is 4.90. The number of ether oxygens (including phenoxy) is 2. The first-order chi connectivity index (χ1) is 8.90. The number of aliphatic hydroxyl groups is 1. The van der Waals surface area contributed by atoms with Gasteiger partial charge in [-0.15, -0.1) is 0 Å². The summed E-state index contributed by atoms with van der Waals surface area (Å²) in [6.45, 7) is 0. The van der Waals surface area contributed by atoms with Gasteiger partial charge < -0.3 is 20.1 Å². The van der Waals surface area contributed by atoms with Gasteiger partial charge in [0.15, 0.2) is 0 Å². The Hall–Kier alpha value is -1.44. The van der Waals surface area contributed by atoms with Crippen molar-refractivity contribution in [3.8, 4) is 0 Å². The van der Waals surface area contributed by atoms with Gasteiger partial charge in [-0.1, -0.05) is 6.42 Å². The summed E-state index contributed by atoms with van der Waals surface area (Å²) in [7, 11) is 3.39. The number of rotatable bonds is 1. The van der Waals surface area contributed by atoms with Crippen LogP contribution in [-0.2, 0) is 19.1 Å². The lowest BCUT2D eigenvalue weighted by molar-refractivity contribution is -0.327. The van der Waals surface area contributed by atoms with Crippen LogP contribution >= 0.6 is 0 Å². The summed E-state index contributed by atoms with van der Waals surface area (Å²) in [6, 6.07) is 0. The van der Waals surface area contributed by atoms with E-state index in [0.717, 1.165) is 25.0 Å². The fourth-order valence-electron chi connectivity index (χ4n) is 2.76. The second-order valence-corrected chi connectivity index (χ2v) is 5.20. The van der Waals surface area contributed by atoms with Crippen LogP contribution in [0, 0.1) is 0 Å². The van der Waals surface area contributed by atoms with Crippen molar-refractivity contribution in [2.75, 3.05) is 14.1 Å². The summed E-state index contributed by atoms with van der Waals surface area (Å²) in [5, 5.41) is 10.8. The number of esters is 2. The predicted molar refractivity (Wildman–Crippen MR) is 69.4 cm³/mol. The number of hydrogen-bond donors (Lipinski definition) is 1. The van der Waals surface area contributed by atoms with Gasteiger partial charge in [0.1, 0.15) is 0 Å². The number of hydrogen-bond acceptors (Lipinski definition) is 6. The molecule has 2 rings (SSSR count). The highest BCUT2D eigenvalue weighted by atomic mass is 16.7. The highest BCUT2D eigenvalue weighted by molar-refractivity contribution is 5.92. The maximum Gasteiger partial charge on any atom is 0.333 e. The van der Waals surface area contributed by atoms with Gasteiger partial charge in [0.2, 0.25) is 5.72 Å². The van der Waals surface area contributed by atoms with E-state index in [4.69, 9.17) is 9.47 Å². The third kappa shape index (κ3) is 2.70. The quantitative estimate of drug-likeness (QED) is 0.665. The minimum Gasteiger partial charge on any atom is -0.433 e. The highest BCUT2D eigenvalue weighted by Gasteiger charge is 2.59. The fraction of sp³-hybridized carbons (Fsp3) is 0.692. The van der Waals surface area contributed by atoms with Gasteiger partial charge in [-0.3, -0.25) is 4.90 Å². The lowest BCUT2D eigenvalue weighted by Gasteiger charge is -2.48. The molecule has 0 amide bonds. The summed E-state index contributed by atoms with van der Waals surface area (Å²) < 4.78 is 10.6. The zero-order valence-corrected chi connectivity index (χ0v) is 11.7. The molecule has 1 heterocycles. The standard InChI is InChI=1S/C13H19NO5.H2O/c1-14(2)12-8-4-3-5-9-13(12,17)19-11(16)7-6-10(15)18-12;/h6-7,17H,3-5,8-9H2,1-2H3;1H2/b7-6+;. The Morgan fingerprint density at radius 1 is 1.05 bits per heavy atom. The highest BCUT2D eigenvalue weighted by Crippen LogP contribution is 2.42. The first-order valence-corrected chi connectivity index (χ1v) is 6.43. The van der Waals surface area contributed by atoms with Gasteiger partial charge in [0.25, 0.3) is 5.79 Å². The molecule has 0 saturated heterocycles. The van der Waals surface area contributed by atoms with Crippen molar-refractivity contribution in [2.45, 2.75) is 43.6 Å². The monoisotopic (exact) mass is 287 g/mol. The average Bonchev–Trinajstić information content (AvgIpc) is 2.46. The van der Waals surface area contributed by atoms with Crippen molar-refractivity contribution < 1.29 is 29.6 Å². The number of likely N-dealkylation sites (N-methyl/N-ethyl adjacent to an activating group) is 1. The number of carbonyl (C=O) groups excluding carboxylic acids is 2. The Bertz CT molecular complexity index is 421. The summed E-state index contributed by atoms with van der Waals surface area (Å²) in [5.74, 6) is -3.19. The molecule has 0 bridgehead atoms. The lowest BCUT2D eigenvalue weighted by atomic mass is 9.94. The number of fused-ring (bicyclic) bond motifs is 1. The normalized spacial score (nSPS) is 35.6. The summed E-state index contributed by atoms with van der Waals surface area (Å²) in [5.41, 5.74) is -1.33. The van der Waals surface area contributed by atoms with Crippen LogP contribution in [0.25, 0.3) is 0 Å². The fourth-order valence-corrected chi connectivity index (χ4v) is 2.76. The molecule has 1 fully saturated rings. The third-order valence-electron chi connectivity index (χ3n) is 3.76. The molecule has 0 aromatic carbocycles. The van der Waals surface area contributed by atoms with Crippen LogP contribution in [0.5, 0.6) is 0 Å². The topological polar surface area (TPSA) is 108 Å². The van der Waals surface area contributed by atoms with Crippen LogP contribution in [0.15, 0.2) is 12.2 Å². The van der Waals surface area contributed by atoms with E-state index < -0.39 is 23.5 Å². The number of nitrogens with zero attached hydrogens (tertiary/aromatic N) is 1. The molecular weight excluding hydrogens is 266 g/mol. The van der Waals surface area contributed by atoms with Crippen LogP contribution in [0.3, 0.4) is 0 Å². The first-order valence-electron chi connectivity index (χ1n) is 6.43. The van der Waals surface area contributed by atoms with Crippen molar-refractivity contribution in [2.24, 2.45) is 0 Å². The van der Waals surface area contributed by atoms with E-state index in [1.54, 1.807) is 19.0 Å². The van der Waals surface area contributed by atoms with Gasteiger partial charge in [0.05, 0.1) is 0 Å². The van der Waals surface area contributed by atoms with E-state index in [2.05, 4.69) is 0 Å². The second-order valence-electron chi connectivity index (χ2n) is 5.20. The Labute approximate surface area is 117 Å². The summed E-state index contributed by atoms with van der Waals surface area (Å²) in [4.78, 5) is 25.0. The molecule has 7 nitrogen and oxygen atoms in total. The van der Waals surface area contributed by atoms with E-state index in [0.29, 0.717) is 12.8 Å². The molecule has 1 aliphatic carbocycles. The van der Waals surface area contributed by atoms with E-state index in [9.17, 15) is 14.7 Å². The predicted octanol–water partition coefficient (Wildman–Crippen LogP) is -0.272. The molecule has 114 valence electrons. The molecule has 2 atom stereocenters. The molecule has 0 aromatic rings. The van der Waals surface area contributed by atoms with Gasteiger partial charge in [-0.05, 0) is 26.9 Å². The largest absolute Gasteiger partial charge is 0.433 e. The molecule has 1 aliphatic heterocycles. The van der Waals surface area contributed by atoms with Crippen molar-refractivity contribution in [1.82, 2.24) is 4.90 Å². The maximum absolute atomic E-state index is 11.7. The average molecular weight is 287 g/mol. The molecule has 0 spiro atoms. The minimum absolute atomic E-state index is 0. The van der Waals surface area contributed by atoms with Crippen LogP contribution < -0.4 is 0 Å². The van der Waals surface area contributed by atoms with E-state index >= 15 is 0 Å². The van der Waals surface area contributed by atoms with Crippen LogP contribution in [0.1, 0.15) is 32.1 Å². The molecule has 7 heteroatoms. The molecule has 3 N–H and O–H groups in total. The summed E-state index contributed by atoms with van der Waals surface area (Å²) >= 11 is 0.